The molecular formula is C21H30IN5O2. The minimum absolute atomic E-state index is 0. The molecule has 3 rings (SSSR count). The van der Waals surface area contributed by atoms with E-state index in [4.69, 9.17) is 4.42 Å². The molecule has 1 aromatic heterocycles. The fourth-order valence-electron chi connectivity index (χ4n) is 3.10. The Balaban J connectivity index is 0.00000300. The Kier molecular flexibility index (Phi) is 8.94. The van der Waals surface area contributed by atoms with Crippen LogP contribution in [0.4, 0.5) is 0 Å². The summed E-state index contributed by atoms with van der Waals surface area (Å²) in [5.74, 6) is 1.23. The first-order valence-corrected chi connectivity index (χ1v) is 9.77. The van der Waals surface area contributed by atoms with Gasteiger partial charge in [-0.05, 0) is 31.9 Å². The first kappa shape index (κ1) is 23.2. The molecule has 0 bridgehead atoms. The largest absolute Gasteiger partial charge is 0.444 e. The number of halogens is 1. The molecule has 0 radical (unpaired) electrons. The van der Waals surface area contributed by atoms with Crippen molar-refractivity contribution in [2.24, 2.45) is 4.99 Å². The third kappa shape index (κ3) is 7.02. The minimum Gasteiger partial charge on any atom is -0.444 e. The van der Waals surface area contributed by atoms with Gasteiger partial charge in [0, 0.05) is 25.7 Å². The van der Waals surface area contributed by atoms with Gasteiger partial charge in [0.25, 0.3) is 0 Å². The van der Waals surface area contributed by atoms with E-state index in [0.29, 0.717) is 24.4 Å². The summed E-state index contributed by atoms with van der Waals surface area (Å²) in [6.45, 7) is 2.64. The molecule has 8 heteroatoms. The van der Waals surface area contributed by atoms with E-state index in [0.717, 1.165) is 24.1 Å². The van der Waals surface area contributed by atoms with Crippen molar-refractivity contribution >= 4 is 35.8 Å². The van der Waals surface area contributed by atoms with E-state index in [1.165, 1.54) is 18.4 Å². The van der Waals surface area contributed by atoms with Crippen LogP contribution in [0.5, 0.6) is 0 Å². The van der Waals surface area contributed by atoms with Crippen molar-refractivity contribution in [3.63, 3.8) is 0 Å². The average molecular weight is 511 g/mol. The first-order valence-electron chi connectivity index (χ1n) is 9.77. The molecule has 0 atom stereocenters. The van der Waals surface area contributed by atoms with Gasteiger partial charge >= 0.3 is 0 Å². The number of aliphatic imine (C=N–C) groups is 1. The Hall–Kier alpha value is -2.10. The van der Waals surface area contributed by atoms with Crippen molar-refractivity contribution in [2.75, 3.05) is 20.6 Å². The third-order valence-electron chi connectivity index (χ3n) is 4.85. The molecular weight excluding hydrogens is 481 g/mol. The number of guanidine groups is 1. The Morgan fingerprint density at radius 3 is 2.59 bits per heavy atom. The molecule has 0 unspecified atom stereocenters. The van der Waals surface area contributed by atoms with Gasteiger partial charge in [0.2, 0.25) is 11.8 Å². The van der Waals surface area contributed by atoms with Gasteiger partial charge in [-0.2, -0.15) is 0 Å². The number of oxazole rings is 1. The zero-order valence-corrected chi connectivity index (χ0v) is 19.6. The van der Waals surface area contributed by atoms with E-state index in [1.807, 2.05) is 31.2 Å². The molecule has 1 saturated carbocycles. The van der Waals surface area contributed by atoms with E-state index in [1.54, 1.807) is 25.3 Å². The van der Waals surface area contributed by atoms with Crippen molar-refractivity contribution in [1.29, 1.82) is 0 Å². The molecule has 0 spiro atoms. The summed E-state index contributed by atoms with van der Waals surface area (Å²) in [6.07, 6.45) is 6.35. The number of aromatic nitrogens is 1. The van der Waals surface area contributed by atoms with Crippen molar-refractivity contribution in [3.05, 3.63) is 41.8 Å². The van der Waals surface area contributed by atoms with Crippen LogP contribution in [0.25, 0.3) is 11.5 Å². The van der Waals surface area contributed by atoms with Crippen LogP contribution in [0.1, 0.15) is 36.9 Å². The number of aryl methyl sites for hydroxylation is 1. The predicted octanol–water partition coefficient (Wildman–Crippen LogP) is 3.33. The lowest BCUT2D eigenvalue weighted by atomic mass is 10.1. The van der Waals surface area contributed by atoms with Gasteiger partial charge in [-0.25, -0.2) is 9.98 Å². The molecule has 1 amide bonds. The van der Waals surface area contributed by atoms with Crippen LogP contribution in [-0.4, -0.2) is 48.4 Å². The molecule has 1 aromatic carbocycles. The second-order valence-electron chi connectivity index (χ2n) is 7.44. The first-order chi connectivity index (χ1) is 13.5. The van der Waals surface area contributed by atoms with Gasteiger partial charge in [0.15, 0.2) is 5.96 Å². The highest BCUT2D eigenvalue weighted by Crippen LogP contribution is 2.20. The molecule has 2 N–H and O–H groups in total. The molecule has 0 saturated heterocycles. The number of hydrogen-bond acceptors (Lipinski definition) is 4. The third-order valence-corrected chi connectivity index (χ3v) is 4.85. The SMILES string of the molecule is Cc1ccc(-c2nc(CN=C(NCC(=O)N(C)C)NC3CCCC3)co2)cc1.I. The quantitative estimate of drug-likeness (QED) is 0.353. The maximum Gasteiger partial charge on any atom is 0.241 e. The summed E-state index contributed by atoms with van der Waals surface area (Å²) in [4.78, 5) is 22.6. The van der Waals surface area contributed by atoms with Crippen molar-refractivity contribution < 1.29 is 9.21 Å². The standard InChI is InChI=1S/C21H29N5O2.HI/c1-15-8-10-16(11-9-15)20-24-18(14-28-20)12-22-21(23-13-19(27)26(2)3)25-17-6-4-5-7-17;/h8-11,14,17H,4-7,12-13H2,1-3H3,(H2,22,23,25);1H. The van der Waals surface area contributed by atoms with Gasteiger partial charge < -0.3 is 20.0 Å². The number of benzene rings is 1. The summed E-state index contributed by atoms with van der Waals surface area (Å²) in [5.41, 5.74) is 2.89. The molecule has 1 fully saturated rings. The summed E-state index contributed by atoms with van der Waals surface area (Å²) >= 11 is 0. The number of likely N-dealkylation sites (N-methyl/N-ethyl adjacent to an activating group) is 1. The number of nitrogens with zero attached hydrogens (tertiary/aromatic N) is 3. The normalized spacial score (nSPS) is 14.4. The number of hydrogen-bond donors (Lipinski definition) is 2. The van der Waals surface area contributed by atoms with Crippen LogP contribution in [0, 0.1) is 6.92 Å². The lowest BCUT2D eigenvalue weighted by molar-refractivity contribution is -0.127. The molecule has 2 aromatic rings. The second-order valence-corrected chi connectivity index (χ2v) is 7.44. The van der Waals surface area contributed by atoms with E-state index in [2.05, 4.69) is 20.6 Å². The smallest absolute Gasteiger partial charge is 0.241 e. The van der Waals surface area contributed by atoms with Gasteiger partial charge in [0.1, 0.15) is 12.0 Å². The van der Waals surface area contributed by atoms with Crippen LogP contribution >= 0.6 is 24.0 Å². The molecule has 29 heavy (non-hydrogen) atoms. The van der Waals surface area contributed by atoms with E-state index < -0.39 is 0 Å². The van der Waals surface area contributed by atoms with Crippen LogP contribution in [0.15, 0.2) is 39.9 Å². The van der Waals surface area contributed by atoms with Crippen LogP contribution < -0.4 is 10.6 Å². The molecule has 158 valence electrons. The molecule has 0 aliphatic heterocycles. The number of nitrogens with one attached hydrogen (secondary N) is 2. The number of carbonyl (C=O) groups excluding carboxylic acids is 1. The summed E-state index contributed by atoms with van der Waals surface area (Å²) in [7, 11) is 3.49. The molecule has 1 aliphatic rings. The summed E-state index contributed by atoms with van der Waals surface area (Å²) in [5, 5.41) is 6.57. The Morgan fingerprint density at radius 1 is 1.24 bits per heavy atom. The fourth-order valence-corrected chi connectivity index (χ4v) is 3.10. The number of rotatable bonds is 6. The zero-order chi connectivity index (χ0) is 19.9. The van der Waals surface area contributed by atoms with Gasteiger partial charge in [-0.3, -0.25) is 4.79 Å². The Morgan fingerprint density at radius 2 is 1.93 bits per heavy atom. The minimum atomic E-state index is 0. The molecule has 1 aliphatic carbocycles. The number of carbonyl (C=O) groups is 1. The fraction of sp³-hybridized carbons (Fsp3) is 0.476. The highest BCUT2D eigenvalue weighted by Gasteiger charge is 2.17. The number of amides is 1. The Labute approximate surface area is 189 Å². The zero-order valence-electron chi connectivity index (χ0n) is 17.3. The summed E-state index contributed by atoms with van der Waals surface area (Å²) in [6, 6.07) is 8.46. The van der Waals surface area contributed by atoms with E-state index in [9.17, 15) is 4.79 Å². The lowest BCUT2D eigenvalue weighted by Crippen LogP contribution is -2.46. The highest BCUT2D eigenvalue weighted by atomic mass is 127. The Bertz CT molecular complexity index is 811. The molecule has 1 heterocycles. The van der Waals surface area contributed by atoms with Crippen LogP contribution in [0.2, 0.25) is 0 Å². The average Bonchev–Trinajstić information content (AvgIpc) is 3.36. The second kappa shape index (κ2) is 11.2. The monoisotopic (exact) mass is 511 g/mol. The van der Waals surface area contributed by atoms with Gasteiger partial charge in [0.05, 0.1) is 13.1 Å². The van der Waals surface area contributed by atoms with Crippen LogP contribution in [0.3, 0.4) is 0 Å². The van der Waals surface area contributed by atoms with Crippen LogP contribution in [-0.2, 0) is 11.3 Å². The molecule has 7 nitrogen and oxygen atoms in total. The summed E-state index contributed by atoms with van der Waals surface area (Å²) < 4.78 is 5.60. The van der Waals surface area contributed by atoms with E-state index in [-0.39, 0.29) is 36.4 Å². The van der Waals surface area contributed by atoms with Gasteiger partial charge in [-0.15, -0.1) is 24.0 Å². The topological polar surface area (TPSA) is 82.8 Å². The lowest BCUT2D eigenvalue weighted by Gasteiger charge is -2.18. The predicted molar refractivity (Wildman–Crippen MR) is 125 cm³/mol. The van der Waals surface area contributed by atoms with Gasteiger partial charge in [-0.1, -0.05) is 30.5 Å². The van der Waals surface area contributed by atoms with Crippen molar-refractivity contribution in [3.8, 4) is 11.5 Å². The van der Waals surface area contributed by atoms with Crippen molar-refractivity contribution in [1.82, 2.24) is 20.5 Å². The maximum atomic E-state index is 11.9. The highest BCUT2D eigenvalue weighted by molar-refractivity contribution is 14.0. The maximum absolute atomic E-state index is 11.9. The van der Waals surface area contributed by atoms with Crippen molar-refractivity contribution in [2.45, 2.75) is 45.2 Å². The van der Waals surface area contributed by atoms with E-state index >= 15 is 0 Å².